The number of nitrogens with one attached hydrogen (secondary N) is 1. The monoisotopic (exact) mass is 387 g/mol. The summed E-state index contributed by atoms with van der Waals surface area (Å²) in [4.78, 5) is 12.9. The van der Waals surface area contributed by atoms with E-state index in [9.17, 15) is 4.79 Å². The highest BCUT2D eigenvalue weighted by Crippen LogP contribution is 2.21. The van der Waals surface area contributed by atoms with E-state index in [1.807, 2.05) is 60.7 Å². The van der Waals surface area contributed by atoms with Crippen molar-refractivity contribution in [3.8, 4) is 5.75 Å². The van der Waals surface area contributed by atoms with Crippen molar-refractivity contribution < 1.29 is 9.53 Å². The summed E-state index contributed by atoms with van der Waals surface area (Å²) in [6.45, 7) is 3.10. The number of hydrogen-bond donors (Lipinski definition) is 1. The maximum Gasteiger partial charge on any atom is 0.227 e. The van der Waals surface area contributed by atoms with Crippen molar-refractivity contribution in [2.24, 2.45) is 0 Å². The molecule has 1 atom stereocenters. The van der Waals surface area contributed by atoms with E-state index >= 15 is 0 Å². The van der Waals surface area contributed by atoms with E-state index in [1.54, 1.807) is 0 Å². The van der Waals surface area contributed by atoms with Gasteiger partial charge in [-0.05, 0) is 41.7 Å². The van der Waals surface area contributed by atoms with Crippen LogP contribution in [0.25, 0.3) is 0 Å². The lowest BCUT2D eigenvalue weighted by Crippen LogP contribution is -2.33. The minimum absolute atomic E-state index is 0.0296. The maximum absolute atomic E-state index is 12.9. The van der Waals surface area contributed by atoms with Gasteiger partial charge in [0.25, 0.3) is 0 Å². The van der Waals surface area contributed by atoms with Gasteiger partial charge < -0.3 is 10.1 Å². The molecule has 0 radical (unpaired) electrons. The third-order valence-corrected chi connectivity index (χ3v) is 4.93. The molecule has 3 rings (SSSR count). The number of ether oxygens (including phenoxy) is 1. The van der Waals surface area contributed by atoms with E-state index in [2.05, 4.69) is 36.5 Å². The van der Waals surface area contributed by atoms with Crippen LogP contribution in [-0.2, 0) is 17.6 Å². The Labute approximate surface area is 173 Å². The molecule has 0 fully saturated rings. The molecular formula is C26H29NO2. The summed E-state index contributed by atoms with van der Waals surface area (Å²) in [7, 11) is 0. The molecular weight excluding hydrogens is 358 g/mol. The van der Waals surface area contributed by atoms with E-state index in [4.69, 9.17) is 4.74 Å². The van der Waals surface area contributed by atoms with Crippen molar-refractivity contribution in [1.29, 1.82) is 0 Å². The van der Waals surface area contributed by atoms with Crippen molar-refractivity contribution in [3.63, 3.8) is 0 Å². The second-order valence-electron chi connectivity index (χ2n) is 7.19. The molecule has 1 N–H and O–H groups in total. The first-order chi connectivity index (χ1) is 14.3. The molecule has 0 saturated carbocycles. The summed E-state index contributed by atoms with van der Waals surface area (Å²) >= 11 is 0. The van der Waals surface area contributed by atoms with Gasteiger partial charge in [-0.1, -0.05) is 86.1 Å². The fraction of sp³-hybridized carbons (Fsp3) is 0.269. The first-order valence-electron chi connectivity index (χ1n) is 10.3. The zero-order chi connectivity index (χ0) is 20.3. The van der Waals surface area contributed by atoms with Gasteiger partial charge >= 0.3 is 0 Å². The highest BCUT2D eigenvalue weighted by molar-refractivity contribution is 5.84. The average Bonchev–Trinajstić information content (AvgIpc) is 2.77. The van der Waals surface area contributed by atoms with Gasteiger partial charge in [0.1, 0.15) is 12.4 Å². The maximum atomic E-state index is 12.9. The van der Waals surface area contributed by atoms with Gasteiger partial charge in [-0.2, -0.15) is 0 Å². The Morgan fingerprint density at radius 1 is 0.862 bits per heavy atom. The van der Waals surface area contributed by atoms with E-state index < -0.39 is 0 Å². The van der Waals surface area contributed by atoms with Crippen molar-refractivity contribution in [3.05, 3.63) is 102 Å². The first kappa shape index (κ1) is 20.7. The molecule has 0 aliphatic carbocycles. The van der Waals surface area contributed by atoms with Gasteiger partial charge in [-0.3, -0.25) is 4.79 Å². The molecule has 0 heterocycles. The molecule has 0 aliphatic heterocycles. The SMILES string of the molecule is CCCc1ccc(OCCNC(=O)[C@@H](Cc2ccccc2)c2ccccc2)cc1. The lowest BCUT2D eigenvalue weighted by molar-refractivity contribution is -0.122. The molecule has 0 unspecified atom stereocenters. The number of carbonyl (C=O) groups is 1. The highest BCUT2D eigenvalue weighted by atomic mass is 16.5. The standard InChI is InChI=1S/C26H29NO2/c1-2-9-21-14-16-24(17-15-21)29-19-18-27-26(28)25(23-12-7-4-8-13-23)20-22-10-5-3-6-11-22/h3-8,10-17,25H,2,9,18-20H2,1H3,(H,27,28)/t25-/m0/s1. The van der Waals surface area contributed by atoms with E-state index in [1.165, 1.54) is 5.56 Å². The Bertz CT molecular complexity index is 860. The average molecular weight is 388 g/mol. The molecule has 0 bridgehead atoms. The number of rotatable bonds is 10. The number of aryl methyl sites for hydroxylation is 1. The second kappa shape index (κ2) is 11.1. The molecule has 0 aliphatic rings. The lowest BCUT2D eigenvalue weighted by Gasteiger charge is -2.18. The van der Waals surface area contributed by atoms with Gasteiger partial charge in [-0.15, -0.1) is 0 Å². The van der Waals surface area contributed by atoms with Gasteiger partial charge in [0.05, 0.1) is 12.5 Å². The summed E-state index contributed by atoms with van der Waals surface area (Å²) in [5.41, 5.74) is 3.50. The second-order valence-corrected chi connectivity index (χ2v) is 7.19. The molecule has 29 heavy (non-hydrogen) atoms. The summed E-state index contributed by atoms with van der Waals surface area (Å²) in [6.07, 6.45) is 2.90. The van der Waals surface area contributed by atoms with Gasteiger partial charge in [0.15, 0.2) is 0 Å². The third kappa shape index (κ3) is 6.49. The van der Waals surface area contributed by atoms with Crippen LogP contribution < -0.4 is 10.1 Å². The van der Waals surface area contributed by atoms with Crippen LogP contribution in [0.1, 0.15) is 36.0 Å². The van der Waals surface area contributed by atoms with Crippen molar-refractivity contribution in [1.82, 2.24) is 5.32 Å². The van der Waals surface area contributed by atoms with Crippen LogP contribution >= 0.6 is 0 Å². The van der Waals surface area contributed by atoms with Crippen LogP contribution in [0, 0.1) is 0 Å². The molecule has 0 aromatic heterocycles. The summed E-state index contributed by atoms with van der Waals surface area (Å²) < 4.78 is 5.78. The largest absolute Gasteiger partial charge is 0.492 e. The molecule has 3 nitrogen and oxygen atoms in total. The minimum atomic E-state index is -0.216. The predicted molar refractivity (Wildman–Crippen MR) is 118 cm³/mol. The van der Waals surface area contributed by atoms with Crippen molar-refractivity contribution >= 4 is 5.91 Å². The molecule has 0 spiro atoms. The number of benzene rings is 3. The van der Waals surface area contributed by atoms with Crippen LogP contribution in [0.15, 0.2) is 84.9 Å². The zero-order valence-corrected chi connectivity index (χ0v) is 17.0. The van der Waals surface area contributed by atoms with Crippen LogP contribution in [0.2, 0.25) is 0 Å². The van der Waals surface area contributed by atoms with E-state index in [-0.39, 0.29) is 11.8 Å². The fourth-order valence-electron chi connectivity index (χ4n) is 3.40. The van der Waals surface area contributed by atoms with Gasteiger partial charge in [0, 0.05) is 0 Å². The van der Waals surface area contributed by atoms with E-state index in [0.29, 0.717) is 19.6 Å². The summed E-state index contributed by atoms with van der Waals surface area (Å²) in [5.74, 6) is 0.650. The van der Waals surface area contributed by atoms with Crippen LogP contribution in [0.4, 0.5) is 0 Å². The zero-order valence-electron chi connectivity index (χ0n) is 17.0. The Hall–Kier alpha value is -3.07. The molecule has 0 saturated heterocycles. The smallest absolute Gasteiger partial charge is 0.227 e. The summed E-state index contributed by atoms with van der Waals surface area (Å²) in [5, 5.41) is 3.04. The van der Waals surface area contributed by atoms with Crippen LogP contribution in [0.5, 0.6) is 5.75 Å². The quantitative estimate of drug-likeness (QED) is 0.488. The third-order valence-electron chi connectivity index (χ3n) is 4.93. The highest BCUT2D eigenvalue weighted by Gasteiger charge is 2.20. The Morgan fingerprint density at radius 3 is 2.17 bits per heavy atom. The normalized spacial score (nSPS) is 11.6. The molecule has 3 aromatic rings. The Balaban J connectivity index is 1.54. The van der Waals surface area contributed by atoms with Gasteiger partial charge in [-0.25, -0.2) is 0 Å². The Morgan fingerprint density at radius 2 is 1.52 bits per heavy atom. The molecule has 1 amide bonds. The molecule has 3 aromatic carbocycles. The number of hydrogen-bond acceptors (Lipinski definition) is 2. The first-order valence-corrected chi connectivity index (χ1v) is 10.3. The number of carbonyl (C=O) groups excluding carboxylic acids is 1. The lowest BCUT2D eigenvalue weighted by atomic mass is 9.91. The van der Waals surface area contributed by atoms with Gasteiger partial charge in [0.2, 0.25) is 5.91 Å². The predicted octanol–water partition coefficient (Wildman–Crippen LogP) is 5.16. The fourth-order valence-corrected chi connectivity index (χ4v) is 3.40. The van der Waals surface area contributed by atoms with Crippen molar-refractivity contribution in [2.75, 3.05) is 13.2 Å². The summed E-state index contributed by atoms with van der Waals surface area (Å²) in [6, 6.07) is 28.3. The Kier molecular flexibility index (Phi) is 7.88. The van der Waals surface area contributed by atoms with Crippen LogP contribution in [0.3, 0.4) is 0 Å². The molecule has 3 heteroatoms. The van der Waals surface area contributed by atoms with E-state index in [0.717, 1.165) is 29.7 Å². The molecule has 150 valence electrons. The van der Waals surface area contributed by atoms with Crippen LogP contribution in [-0.4, -0.2) is 19.1 Å². The topological polar surface area (TPSA) is 38.3 Å². The number of amides is 1. The minimum Gasteiger partial charge on any atom is -0.492 e. The van der Waals surface area contributed by atoms with Crippen molar-refractivity contribution in [2.45, 2.75) is 32.1 Å².